The van der Waals surface area contributed by atoms with E-state index in [0.717, 1.165) is 17.0 Å². The molecule has 1 aromatic heterocycles. The first kappa shape index (κ1) is 18.0. The van der Waals surface area contributed by atoms with Crippen molar-refractivity contribution in [3.05, 3.63) is 47.9 Å². The molecule has 0 bridgehead atoms. The number of furan rings is 1. The molecule has 134 valence electrons. The first-order valence-corrected chi connectivity index (χ1v) is 10.6. The van der Waals surface area contributed by atoms with Crippen LogP contribution in [0.1, 0.15) is 18.2 Å². The zero-order valence-corrected chi connectivity index (χ0v) is 15.5. The van der Waals surface area contributed by atoms with Crippen molar-refractivity contribution in [2.45, 2.75) is 24.0 Å². The first-order chi connectivity index (χ1) is 12.0. The summed E-state index contributed by atoms with van der Waals surface area (Å²) in [5.41, 5.74) is 1.70. The van der Waals surface area contributed by atoms with Crippen molar-refractivity contribution >= 4 is 33.4 Å². The molecule has 0 saturated heterocycles. The van der Waals surface area contributed by atoms with E-state index in [4.69, 9.17) is 4.42 Å². The van der Waals surface area contributed by atoms with Crippen LogP contribution in [-0.2, 0) is 27.0 Å². The maximum atomic E-state index is 12.4. The number of thioether (sulfide) groups is 1. The second-order valence-corrected chi connectivity index (χ2v) is 8.61. The Morgan fingerprint density at radius 1 is 1.36 bits per heavy atom. The predicted octanol–water partition coefficient (Wildman–Crippen LogP) is 2.40. The van der Waals surface area contributed by atoms with Crippen LogP contribution >= 0.6 is 11.8 Å². The minimum Gasteiger partial charge on any atom is -0.468 e. The lowest BCUT2D eigenvalue weighted by atomic mass is 10.2. The summed E-state index contributed by atoms with van der Waals surface area (Å²) in [7, 11) is -3.54. The lowest BCUT2D eigenvalue weighted by Gasteiger charge is -2.15. The van der Waals surface area contributed by atoms with E-state index in [1.54, 1.807) is 41.1 Å². The fourth-order valence-electron chi connectivity index (χ4n) is 2.77. The van der Waals surface area contributed by atoms with Crippen LogP contribution in [0.3, 0.4) is 0 Å². The van der Waals surface area contributed by atoms with Crippen LogP contribution in [0.25, 0.3) is 0 Å². The molecule has 0 radical (unpaired) electrons. The number of anilines is 1. The molecule has 2 heterocycles. The quantitative estimate of drug-likeness (QED) is 0.746. The molecule has 2 aromatic rings. The van der Waals surface area contributed by atoms with Gasteiger partial charge in [0.25, 0.3) is 0 Å². The van der Waals surface area contributed by atoms with Crippen molar-refractivity contribution in [1.29, 1.82) is 0 Å². The normalized spacial score (nSPS) is 13.9. The molecule has 1 aliphatic heterocycles. The highest BCUT2D eigenvalue weighted by Crippen LogP contribution is 2.30. The fraction of sp³-hybridized carbons (Fsp3) is 0.353. The Morgan fingerprint density at radius 3 is 2.92 bits per heavy atom. The van der Waals surface area contributed by atoms with E-state index in [1.807, 2.05) is 12.1 Å². The Labute approximate surface area is 151 Å². The average Bonchev–Trinajstić information content (AvgIpc) is 3.23. The summed E-state index contributed by atoms with van der Waals surface area (Å²) in [6, 6.07) is 8.66. The van der Waals surface area contributed by atoms with Gasteiger partial charge in [0.05, 0.1) is 16.9 Å². The van der Waals surface area contributed by atoms with Crippen LogP contribution in [-0.4, -0.2) is 33.2 Å². The first-order valence-electron chi connectivity index (χ1n) is 7.98. The number of rotatable bonds is 7. The van der Waals surface area contributed by atoms with Gasteiger partial charge in [-0.1, -0.05) is 0 Å². The highest BCUT2D eigenvalue weighted by Gasteiger charge is 2.24. The van der Waals surface area contributed by atoms with Crippen LogP contribution in [0.4, 0.5) is 5.69 Å². The number of amides is 1. The van der Waals surface area contributed by atoms with Crippen LogP contribution in [0.2, 0.25) is 0 Å². The van der Waals surface area contributed by atoms with Gasteiger partial charge in [-0.25, -0.2) is 13.1 Å². The summed E-state index contributed by atoms with van der Waals surface area (Å²) in [5.74, 6) is 2.22. The zero-order valence-electron chi connectivity index (χ0n) is 13.9. The van der Waals surface area contributed by atoms with E-state index < -0.39 is 10.0 Å². The molecule has 0 atom stereocenters. The van der Waals surface area contributed by atoms with Crippen molar-refractivity contribution in [3.8, 4) is 0 Å². The minimum absolute atomic E-state index is 0.0268. The van der Waals surface area contributed by atoms with Crippen molar-refractivity contribution in [2.75, 3.05) is 23.7 Å². The van der Waals surface area contributed by atoms with Crippen molar-refractivity contribution < 1.29 is 17.6 Å². The Balaban J connectivity index is 1.56. The SMILES string of the molecule is CC(=O)N1CCc2cc(S(=O)(=O)NCCSCc3ccco3)ccc21. The van der Waals surface area contributed by atoms with E-state index in [0.29, 0.717) is 31.0 Å². The van der Waals surface area contributed by atoms with E-state index in [-0.39, 0.29) is 10.8 Å². The van der Waals surface area contributed by atoms with Crippen LogP contribution in [0.15, 0.2) is 45.9 Å². The highest BCUT2D eigenvalue weighted by molar-refractivity contribution is 7.98. The van der Waals surface area contributed by atoms with Gasteiger partial charge in [0.1, 0.15) is 5.76 Å². The molecule has 0 unspecified atom stereocenters. The monoisotopic (exact) mass is 380 g/mol. The van der Waals surface area contributed by atoms with Crippen molar-refractivity contribution in [3.63, 3.8) is 0 Å². The summed E-state index contributed by atoms with van der Waals surface area (Å²) < 4.78 is 32.7. The summed E-state index contributed by atoms with van der Waals surface area (Å²) in [5, 5.41) is 0. The van der Waals surface area contributed by atoms with Gasteiger partial charge >= 0.3 is 0 Å². The lowest BCUT2D eigenvalue weighted by Crippen LogP contribution is -2.26. The molecule has 0 spiro atoms. The van der Waals surface area contributed by atoms with Crippen molar-refractivity contribution in [2.24, 2.45) is 0 Å². The van der Waals surface area contributed by atoms with Gasteiger partial charge < -0.3 is 9.32 Å². The van der Waals surface area contributed by atoms with Gasteiger partial charge in [-0.05, 0) is 42.3 Å². The third-order valence-corrected chi connectivity index (χ3v) is 6.44. The number of carbonyl (C=O) groups is 1. The molecule has 1 N–H and O–H groups in total. The third kappa shape index (κ3) is 4.26. The number of fused-ring (bicyclic) bond motifs is 1. The number of hydrogen-bond acceptors (Lipinski definition) is 5. The van der Waals surface area contributed by atoms with Gasteiger partial charge in [-0.2, -0.15) is 11.8 Å². The van der Waals surface area contributed by atoms with E-state index in [9.17, 15) is 13.2 Å². The molecule has 6 nitrogen and oxygen atoms in total. The average molecular weight is 380 g/mol. The predicted molar refractivity (Wildman–Crippen MR) is 98.2 cm³/mol. The molecule has 8 heteroatoms. The Hall–Kier alpha value is -1.77. The molecule has 0 fully saturated rings. The number of benzene rings is 1. The Morgan fingerprint density at radius 2 is 2.20 bits per heavy atom. The second kappa shape index (κ2) is 7.63. The molecule has 1 aliphatic rings. The van der Waals surface area contributed by atoms with Gasteiger partial charge in [0.2, 0.25) is 15.9 Å². The minimum atomic E-state index is -3.54. The van der Waals surface area contributed by atoms with E-state index in [1.165, 1.54) is 6.92 Å². The maximum Gasteiger partial charge on any atom is 0.240 e. The fourth-order valence-corrected chi connectivity index (χ4v) is 4.74. The number of sulfonamides is 1. The molecule has 3 rings (SSSR count). The molecule has 0 saturated carbocycles. The summed E-state index contributed by atoms with van der Waals surface area (Å²) in [6.45, 7) is 2.47. The second-order valence-electron chi connectivity index (χ2n) is 5.74. The Kier molecular flexibility index (Phi) is 5.51. The van der Waals surface area contributed by atoms with Gasteiger partial charge in [-0.15, -0.1) is 0 Å². The van der Waals surface area contributed by atoms with Crippen molar-refractivity contribution in [1.82, 2.24) is 4.72 Å². The topological polar surface area (TPSA) is 79.6 Å². The molecular formula is C17H20N2O4S2. The smallest absolute Gasteiger partial charge is 0.240 e. The summed E-state index contributed by atoms with van der Waals surface area (Å²) in [6.07, 6.45) is 2.30. The molecule has 1 aromatic carbocycles. The number of nitrogens with zero attached hydrogens (tertiary/aromatic N) is 1. The largest absolute Gasteiger partial charge is 0.468 e. The third-order valence-electron chi connectivity index (χ3n) is 4.00. The summed E-state index contributed by atoms with van der Waals surface area (Å²) in [4.78, 5) is 13.5. The Bertz CT molecular complexity index is 848. The summed E-state index contributed by atoms with van der Waals surface area (Å²) >= 11 is 1.61. The van der Waals surface area contributed by atoms with E-state index >= 15 is 0 Å². The lowest BCUT2D eigenvalue weighted by molar-refractivity contribution is -0.116. The van der Waals surface area contributed by atoms with Crippen LogP contribution in [0.5, 0.6) is 0 Å². The van der Waals surface area contributed by atoms with E-state index in [2.05, 4.69) is 4.72 Å². The van der Waals surface area contributed by atoms with Gasteiger partial charge in [-0.3, -0.25) is 4.79 Å². The van der Waals surface area contributed by atoms with Gasteiger partial charge in [0, 0.05) is 31.5 Å². The number of carbonyl (C=O) groups excluding carboxylic acids is 1. The number of nitrogens with one attached hydrogen (secondary N) is 1. The molecule has 1 amide bonds. The molecular weight excluding hydrogens is 360 g/mol. The van der Waals surface area contributed by atoms with Gasteiger partial charge in [0.15, 0.2) is 0 Å². The standard InChI is InChI=1S/C17H20N2O4S2/c1-13(20)19-8-6-14-11-16(4-5-17(14)19)25(21,22)18-7-10-24-12-15-3-2-9-23-15/h2-5,9,11,18H,6-8,10,12H2,1H3. The van der Waals surface area contributed by atoms with Crippen LogP contribution < -0.4 is 9.62 Å². The molecule has 0 aliphatic carbocycles. The van der Waals surface area contributed by atoms with Crippen LogP contribution in [0, 0.1) is 0 Å². The highest BCUT2D eigenvalue weighted by atomic mass is 32.2. The number of hydrogen-bond donors (Lipinski definition) is 1. The zero-order chi connectivity index (χ0) is 17.9. The maximum absolute atomic E-state index is 12.4. The molecule has 25 heavy (non-hydrogen) atoms.